The van der Waals surface area contributed by atoms with Crippen molar-refractivity contribution >= 4 is 0 Å². The van der Waals surface area contributed by atoms with Crippen LogP contribution in [-0.2, 0) is 12.8 Å². The first-order valence-corrected chi connectivity index (χ1v) is 7.60. The van der Waals surface area contributed by atoms with E-state index in [2.05, 4.69) is 24.0 Å². The highest BCUT2D eigenvalue weighted by molar-refractivity contribution is 5.32. The molecule has 1 aliphatic carbocycles. The molecule has 1 aromatic rings. The normalized spacial score (nSPS) is 13.9. The van der Waals surface area contributed by atoms with Gasteiger partial charge >= 0.3 is 0 Å². The minimum atomic E-state index is 1.15. The fourth-order valence-electron chi connectivity index (χ4n) is 2.33. The zero-order valence-corrected chi connectivity index (χ0v) is 13.1. The van der Waals surface area contributed by atoms with Crippen LogP contribution in [0.25, 0.3) is 0 Å². The molecule has 0 spiro atoms. The molecule has 1 aromatic heterocycles. The molecule has 1 heterocycles. The SMILES string of the molecule is CC.CC.Cc1nnc(C)c2c1CCCCCC2. The lowest BCUT2D eigenvalue weighted by Crippen LogP contribution is -2.08. The third-order valence-corrected chi connectivity index (χ3v) is 3.19. The fraction of sp³-hybridized carbons (Fsp3) is 0.750. The predicted octanol–water partition coefficient (Wildman–Crippen LogP) is 4.80. The summed E-state index contributed by atoms with van der Waals surface area (Å²) in [6.07, 6.45) is 7.80. The van der Waals surface area contributed by atoms with Crippen molar-refractivity contribution in [3.8, 4) is 0 Å². The maximum Gasteiger partial charge on any atom is 0.0635 e. The predicted molar refractivity (Wildman–Crippen MR) is 80.1 cm³/mol. The van der Waals surface area contributed by atoms with Gasteiger partial charge < -0.3 is 0 Å². The van der Waals surface area contributed by atoms with Crippen molar-refractivity contribution in [3.05, 3.63) is 22.5 Å². The highest BCUT2D eigenvalue weighted by Crippen LogP contribution is 2.23. The molecule has 18 heavy (non-hydrogen) atoms. The Balaban J connectivity index is 0.000000659. The van der Waals surface area contributed by atoms with E-state index < -0.39 is 0 Å². The molecule has 2 rings (SSSR count). The van der Waals surface area contributed by atoms with Crippen molar-refractivity contribution in [2.45, 2.75) is 80.1 Å². The van der Waals surface area contributed by atoms with Crippen LogP contribution in [0.5, 0.6) is 0 Å². The summed E-state index contributed by atoms with van der Waals surface area (Å²) >= 11 is 0. The number of aryl methyl sites for hydroxylation is 2. The Bertz CT molecular complexity index is 299. The van der Waals surface area contributed by atoms with Crippen LogP contribution in [0.15, 0.2) is 0 Å². The van der Waals surface area contributed by atoms with E-state index in [1.807, 2.05) is 27.7 Å². The Kier molecular flexibility index (Phi) is 9.53. The summed E-state index contributed by atoms with van der Waals surface area (Å²) in [5.74, 6) is 0. The minimum Gasteiger partial charge on any atom is -0.155 e. The van der Waals surface area contributed by atoms with Gasteiger partial charge in [-0.25, -0.2) is 0 Å². The molecule has 2 nitrogen and oxygen atoms in total. The van der Waals surface area contributed by atoms with Gasteiger partial charge in [-0.3, -0.25) is 0 Å². The summed E-state index contributed by atoms with van der Waals surface area (Å²) in [4.78, 5) is 0. The Hall–Kier alpha value is -0.920. The molecule has 0 bridgehead atoms. The first-order chi connectivity index (χ1) is 8.79. The Morgan fingerprint density at radius 2 is 0.944 bits per heavy atom. The second-order valence-corrected chi connectivity index (χ2v) is 4.24. The third kappa shape index (κ3) is 4.75. The average Bonchev–Trinajstić information content (AvgIpc) is 2.39. The van der Waals surface area contributed by atoms with Gasteiger partial charge in [0.15, 0.2) is 0 Å². The second-order valence-electron chi connectivity index (χ2n) is 4.24. The van der Waals surface area contributed by atoms with E-state index in [1.165, 1.54) is 49.7 Å². The largest absolute Gasteiger partial charge is 0.155 e. The molecule has 0 unspecified atom stereocenters. The van der Waals surface area contributed by atoms with E-state index in [0.717, 1.165) is 11.4 Å². The molecule has 0 amide bonds. The van der Waals surface area contributed by atoms with Crippen LogP contribution in [0.4, 0.5) is 0 Å². The van der Waals surface area contributed by atoms with Crippen molar-refractivity contribution in [3.63, 3.8) is 0 Å². The van der Waals surface area contributed by atoms with Crippen LogP contribution < -0.4 is 0 Å². The van der Waals surface area contributed by atoms with Crippen molar-refractivity contribution < 1.29 is 0 Å². The Labute approximate surface area is 113 Å². The number of fused-ring (bicyclic) bond motifs is 1. The van der Waals surface area contributed by atoms with E-state index in [1.54, 1.807) is 0 Å². The zero-order valence-electron chi connectivity index (χ0n) is 13.1. The van der Waals surface area contributed by atoms with Crippen LogP contribution >= 0.6 is 0 Å². The molecule has 0 aromatic carbocycles. The lowest BCUT2D eigenvalue weighted by molar-refractivity contribution is 0.606. The van der Waals surface area contributed by atoms with E-state index in [9.17, 15) is 0 Å². The quantitative estimate of drug-likeness (QED) is 0.660. The molecule has 0 fully saturated rings. The van der Waals surface area contributed by atoms with E-state index in [0.29, 0.717) is 0 Å². The molecule has 0 radical (unpaired) electrons. The summed E-state index contributed by atoms with van der Waals surface area (Å²) in [5, 5.41) is 8.43. The molecule has 0 N–H and O–H groups in total. The summed E-state index contributed by atoms with van der Waals surface area (Å²) in [7, 11) is 0. The molecule has 0 saturated heterocycles. The van der Waals surface area contributed by atoms with E-state index in [-0.39, 0.29) is 0 Å². The van der Waals surface area contributed by atoms with Crippen LogP contribution in [0.2, 0.25) is 0 Å². The topological polar surface area (TPSA) is 25.8 Å². The fourth-order valence-corrected chi connectivity index (χ4v) is 2.33. The Morgan fingerprint density at radius 3 is 1.28 bits per heavy atom. The van der Waals surface area contributed by atoms with Gasteiger partial charge in [0.1, 0.15) is 0 Å². The molecular formula is C16H30N2. The number of hydrogen-bond acceptors (Lipinski definition) is 2. The lowest BCUT2D eigenvalue weighted by Gasteiger charge is -2.16. The zero-order chi connectivity index (χ0) is 14.0. The average molecular weight is 250 g/mol. The van der Waals surface area contributed by atoms with Crippen LogP contribution in [-0.4, -0.2) is 10.2 Å². The van der Waals surface area contributed by atoms with Crippen molar-refractivity contribution in [2.75, 3.05) is 0 Å². The van der Waals surface area contributed by atoms with E-state index >= 15 is 0 Å². The monoisotopic (exact) mass is 250 g/mol. The van der Waals surface area contributed by atoms with Gasteiger partial charge in [0.05, 0.1) is 11.4 Å². The highest BCUT2D eigenvalue weighted by atomic mass is 15.1. The number of rotatable bonds is 0. The first kappa shape index (κ1) is 17.1. The van der Waals surface area contributed by atoms with Gasteiger partial charge in [0, 0.05) is 0 Å². The maximum atomic E-state index is 4.21. The molecule has 104 valence electrons. The summed E-state index contributed by atoms with van der Waals surface area (Å²) in [6, 6.07) is 0. The summed E-state index contributed by atoms with van der Waals surface area (Å²) in [6.45, 7) is 12.2. The molecule has 1 aliphatic rings. The molecule has 2 heteroatoms. The molecule has 0 saturated carbocycles. The molecule has 0 aliphatic heterocycles. The van der Waals surface area contributed by atoms with Gasteiger partial charge in [-0.05, 0) is 50.7 Å². The van der Waals surface area contributed by atoms with Gasteiger partial charge in [-0.1, -0.05) is 40.5 Å². The van der Waals surface area contributed by atoms with Crippen molar-refractivity contribution in [1.29, 1.82) is 0 Å². The number of aromatic nitrogens is 2. The van der Waals surface area contributed by atoms with Gasteiger partial charge in [-0.15, -0.1) is 0 Å². The standard InChI is InChI=1S/C12H18N2.2C2H6/c1-9-11-7-5-3-4-6-8-12(11)10(2)14-13-9;2*1-2/h3-8H2,1-2H3;2*1-2H3. The minimum absolute atomic E-state index is 1.15. The smallest absolute Gasteiger partial charge is 0.0635 e. The van der Waals surface area contributed by atoms with Crippen LogP contribution in [0, 0.1) is 13.8 Å². The molecular weight excluding hydrogens is 220 g/mol. The van der Waals surface area contributed by atoms with E-state index in [4.69, 9.17) is 0 Å². The third-order valence-electron chi connectivity index (χ3n) is 3.19. The first-order valence-electron chi connectivity index (χ1n) is 7.60. The number of hydrogen-bond donors (Lipinski definition) is 0. The van der Waals surface area contributed by atoms with Crippen LogP contribution in [0.1, 0.15) is 75.9 Å². The van der Waals surface area contributed by atoms with Crippen molar-refractivity contribution in [1.82, 2.24) is 10.2 Å². The van der Waals surface area contributed by atoms with Gasteiger partial charge in [-0.2, -0.15) is 10.2 Å². The molecule has 0 atom stereocenters. The van der Waals surface area contributed by atoms with Gasteiger partial charge in [0.25, 0.3) is 0 Å². The number of nitrogens with zero attached hydrogens (tertiary/aromatic N) is 2. The van der Waals surface area contributed by atoms with Crippen LogP contribution in [0.3, 0.4) is 0 Å². The van der Waals surface area contributed by atoms with Crippen molar-refractivity contribution in [2.24, 2.45) is 0 Å². The van der Waals surface area contributed by atoms with Gasteiger partial charge in [0.2, 0.25) is 0 Å². The Morgan fingerprint density at radius 1 is 0.611 bits per heavy atom. The summed E-state index contributed by atoms with van der Waals surface area (Å²) in [5.41, 5.74) is 5.26. The second kappa shape index (κ2) is 10.0. The summed E-state index contributed by atoms with van der Waals surface area (Å²) < 4.78 is 0. The lowest BCUT2D eigenvalue weighted by atomic mass is 9.92. The highest BCUT2D eigenvalue weighted by Gasteiger charge is 2.12. The maximum absolute atomic E-state index is 4.21.